The number of hydrogen-bond donors (Lipinski definition) is 0. The van der Waals surface area contributed by atoms with E-state index in [2.05, 4.69) is 0 Å². The van der Waals surface area contributed by atoms with Crippen molar-refractivity contribution < 1.29 is 17.9 Å². The zero-order valence-corrected chi connectivity index (χ0v) is 13.9. The Bertz CT molecular complexity index is 623. The van der Waals surface area contributed by atoms with Crippen LogP contribution < -0.4 is 0 Å². The molecule has 0 amide bonds. The van der Waals surface area contributed by atoms with Crippen molar-refractivity contribution in [3.05, 3.63) is 29.8 Å². The summed E-state index contributed by atoms with van der Waals surface area (Å²) in [6.45, 7) is 5.02. The molecule has 1 saturated carbocycles. The van der Waals surface area contributed by atoms with Crippen molar-refractivity contribution in [3.8, 4) is 0 Å². The van der Waals surface area contributed by atoms with E-state index < -0.39 is 16.0 Å². The Morgan fingerprint density at radius 3 is 2.64 bits per heavy atom. The largest absolute Gasteiger partial charge is 0.462 e. The zero-order chi connectivity index (χ0) is 16.2. The maximum atomic E-state index is 12.8. The van der Waals surface area contributed by atoms with Crippen molar-refractivity contribution in [2.24, 2.45) is 5.92 Å². The molecule has 0 unspecified atom stereocenters. The number of hydrogen-bond acceptors (Lipinski definition) is 4. The van der Waals surface area contributed by atoms with Crippen LogP contribution in [0.15, 0.2) is 29.2 Å². The maximum Gasteiger partial charge on any atom is 0.338 e. The van der Waals surface area contributed by atoms with Crippen molar-refractivity contribution in [1.82, 2.24) is 4.31 Å². The summed E-state index contributed by atoms with van der Waals surface area (Å²) in [5.41, 5.74) is 0.269. The molecule has 1 aliphatic rings. The second kappa shape index (κ2) is 7.24. The molecule has 0 radical (unpaired) electrons. The molecule has 1 aliphatic carbocycles. The van der Waals surface area contributed by atoms with E-state index in [1.807, 2.05) is 6.92 Å². The van der Waals surface area contributed by atoms with Crippen molar-refractivity contribution in [2.75, 3.05) is 19.7 Å². The lowest BCUT2D eigenvalue weighted by Crippen LogP contribution is -2.33. The molecule has 2 rings (SSSR count). The molecule has 0 N–H and O–H groups in total. The minimum absolute atomic E-state index is 0.159. The van der Waals surface area contributed by atoms with Crippen LogP contribution in [-0.4, -0.2) is 38.4 Å². The number of nitrogens with zero attached hydrogens (tertiary/aromatic N) is 1. The summed E-state index contributed by atoms with van der Waals surface area (Å²) in [6, 6.07) is 6.10. The molecule has 5 nitrogen and oxygen atoms in total. The highest BCUT2D eigenvalue weighted by Gasteiger charge is 2.31. The number of benzene rings is 1. The van der Waals surface area contributed by atoms with Gasteiger partial charge in [0.05, 0.1) is 17.1 Å². The Balaban J connectivity index is 2.26. The molecule has 122 valence electrons. The number of carbonyl (C=O) groups excluding carboxylic acids is 1. The Morgan fingerprint density at radius 2 is 2.05 bits per heavy atom. The van der Waals surface area contributed by atoms with Crippen LogP contribution in [0.25, 0.3) is 0 Å². The molecule has 0 spiro atoms. The molecule has 1 fully saturated rings. The normalized spacial score (nSPS) is 15.0. The van der Waals surface area contributed by atoms with E-state index in [-0.39, 0.29) is 17.1 Å². The lowest BCUT2D eigenvalue weighted by molar-refractivity contribution is 0.0526. The van der Waals surface area contributed by atoms with Crippen LogP contribution in [0.2, 0.25) is 0 Å². The first-order valence-corrected chi connectivity index (χ1v) is 9.20. The fraction of sp³-hybridized carbons (Fsp3) is 0.562. The highest BCUT2D eigenvalue weighted by molar-refractivity contribution is 7.89. The molecule has 0 heterocycles. The molecule has 0 saturated heterocycles. The third-order valence-electron chi connectivity index (χ3n) is 3.61. The lowest BCUT2D eigenvalue weighted by Gasteiger charge is -2.21. The predicted molar refractivity (Wildman–Crippen MR) is 84.2 cm³/mol. The summed E-state index contributed by atoms with van der Waals surface area (Å²) in [4.78, 5) is 11.9. The summed E-state index contributed by atoms with van der Waals surface area (Å²) in [7, 11) is -3.56. The third kappa shape index (κ3) is 4.08. The van der Waals surface area contributed by atoms with Crippen molar-refractivity contribution in [1.29, 1.82) is 0 Å². The molecular formula is C16H23NO4S. The van der Waals surface area contributed by atoms with Gasteiger partial charge in [0.2, 0.25) is 10.0 Å². The van der Waals surface area contributed by atoms with Crippen molar-refractivity contribution >= 4 is 16.0 Å². The predicted octanol–water partition coefficient (Wildman–Crippen LogP) is 2.67. The first-order valence-electron chi connectivity index (χ1n) is 7.76. The van der Waals surface area contributed by atoms with Gasteiger partial charge in [-0.25, -0.2) is 13.2 Å². The van der Waals surface area contributed by atoms with Gasteiger partial charge >= 0.3 is 5.97 Å². The molecule has 1 aromatic carbocycles. The Labute approximate surface area is 132 Å². The summed E-state index contributed by atoms with van der Waals surface area (Å²) >= 11 is 0. The SMILES string of the molecule is CCCN(CC1CC1)S(=O)(=O)c1cccc(C(=O)OCC)c1. The van der Waals surface area contributed by atoms with Gasteiger partial charge in [0, 0.05) is 13.1 Å². The van der Waals surface area contributed by atoms with Gasteiger partial charge in [-0.3, -0.25) is 0 Å². The molecule has 0 aromatic heterocycles. The Hall–Kier alpha value is -1.40. The zero-order valence-electron chi connectivity index (χ0n) is 13.1. The fourth-order valence-corrected chi connectivity index (χ4v) is 3.95. The average molecular weight is 325 g/mol. The minimum atomic E-state index is -3.56. The van der Waals surface area contributed by atoms with E-state index in [0.717, 1.165) is 19.3 Å². The van der Waals surface area contributed by atoms with E-state index >= 15 is 0 Å². The summed E-state index contributed by atoms with van der Waals surface area (Å²) < 4.78 is 32.1. The molecule has 0 bridgehead atoms. The molecular weight excluding hydrogens is 302 g/mol. The average Bonchev–Trinajstić information content (AvgIpc) is 3.31. The Kier molecular flexibility index (Phi) is 5.58. The highest BCUT2D eigenvalue weighted by Crippen LogP contribution is 2.31. The maximum absolute atomic E-state index is 12.8. The third-order valence-corrected chi connectivity index (χ3v) is 5.48. The summed E-state index contributed by atoms with van der Waals surface area (Å²) in [5.74, 6) is -0.0154. The van der Waals surface area contributed by atoms with E-state index in [1.54, 1.807) is 19.1 Å². The quantitative estimate of drug-likeness (QED) is 0.689. The molecule has 22 heavy (non-hydrogen) atoms. The second-order valence-corrected chi connectivity index (χ2v) is 7.49. The van der Waals surface area contributed by atoms with Crippen LogP contribution in [0.5, 0.6) is 0 Å². The van der Waals surface area contributed by atoms with Gasteiger partial charge in [-0.15, -0.1) is 0 Å². The van der Waals surface area contributed by atoms with Crippen molar-refractivity contribution in [3.63, 3.8) is 0 Å². The van der Waals surface area contributed by atoms with Crippen LogP contribution in [-0.2, 0) is 14.8 Å². The minimum Gasteiger partial charge on any atom is -0.462 e. The van der Waals surface area contributed by atoms with E-state index in [4.69, 9.17) is 4.74 Å². The number of carbonyl (C=O) groups is 1. The number of ether oxygens (including phenoxy) is 1. The van der Waals surface area contributed by atoms with Crippen molar-refractivity contribution in [2.45, 2.75) is 38.0 Å². The number of esters is 1. The standard InChI is InChI=1S/C16H23NO4S/c1-3-10-17(12-13-8-9-13)22(19,20)15-7-5-6-14(11-15)16(18)21-4-2/h5-7,11,13H,3-4,8-10,12H2,1-2H3. The van der Waals surface area contributed by atoms with Gasteiger partial charge < -0.3 is 4.74 Å². The number of rotatable bonds is 8. The first kappa shape index (κ1) is 17.0. The van der Waals surface area contributed by atoms with Crippen LogP contribution >= 0.6 is 0 Å². The van der Waals surface area contributed by atoms with Gasteiger partial charge in [0.25, 0.3) is 0 Å². The van der Waals surface area contributed by atoms with E-state index in [9.17, 15) is 13.2 Å². The highest BCUT2D eigenvalue weighted by atomic mass is 32.2. The molecule has 6 heteroatoms. The van der Waals surface area contributed by atoms with Crippen LogP contribution in [0, 0.1) is 5.92 Å². The number of sulfonamides is 1. The fourth-order valence-electron chi connectivity index (χ4n) is 2.29. The topological polar surface area (TPSA) is 63.7 Å². The van der Waals surface area contributed by atoms with Crippen LogP contribution in [0.4, 0.5) is 0 Å². The smallest absolute Gasteiger partial charge is 0.338 e. The Morgan fingerprint density at radius 1 is 1.32 bits per heavy atom. The van der Waals surface area contributed by atoms with Gasteiger partial charge in [-0.2, -0.15) is 4.31 Å². The van der Waals surface area contributed by atoms with E-state index in [1.165, 1.54) is 16.4 Å². The van der Waals surface area contributed by atoms with Gasteiger partial charge in [0.1, 0.15) is 0 Å². The monoisotopic (exact) mass is 325 g/mol. The summed E-state index contributed by atoms with van der Waals surface area (Å²) in [5, 5.41) is 0. The van der Waals surface area contributed by atoms with Crippen LogP contribution in [0.3, 0.4) is 0 Å². The first-order chi connectivity index (χ1) is 10.5. The summed E-state index contributed by atoms with van der Waals surface area (Å²) in [6.07, 6.45) is 2.96. The van der Waals surface area contributed by atoms with Gasteiger partial charge in [-0.1, -0.05) is 13.0 Å². The van der Waals surface area contributed by atoms with Gasteiger partial charge in [0.15, 0.2) is 0 Å². The van der Waals surface area contributed by atoms with Gasteiger partial charge in [-0.05, 0) is 50.3 Å². The molecule has 0 atom stereocenters. The van der Waals surface area contributed by atoms with E-state index in [0.29, 0.717) is 19.0 Å². The second-order valence-electron chi connectivity index (χ2n) is 5.55. The molecule has 1 aromatic rings. The van der Waals surface area contributed by atoms with Crippen LogP contribution in [0.1, 0.15) is 43.5 Å². The molecule has 0 aliphatic heterocycles. The lowest BCUT2D eigenvalue weighted by atomic mass is 10.2.